The fourth-order valence-electron chi connectivity index (χ4n) is 2.55. The molecule has 2 aromatic carbocycles. The topological polar surface area (TPSA) is 29.1 Å². The Morgan fingerprint density at radius 3 is 2.65 bits per heavy atom. The molecular formula is C17H16FNO. The molecule has 3 rings (SSSR count). The second-order valence-corrected chi connectivity index (χ2v) is 5.29. The van der Waals surface area contributed by atoms with E-state index in [9.17, 15) is 9.18 Å². The van der Waals surface area contributed by atoms with Crippen molar-refractivity contribution in [2.24, 2.45) is 0 Å². The van der Waals surface area contributed by atoms with Crippen LogP contribution in [0, 0.1) is 12.7 Å². The molecule has 1 aliphatic rings. The number of hydrogen-bond donors (Lipinski definition) is 1. The highest BCUT2D eigenvalue weighted by molar-refractivity contribution is 5.96. The van der Waals surface area contributed by atoms with Crippen LogP contribution in [0.4, 0.5) is 4.39 Å². The molecule has 0 spiro atoms. The predicted molar refractivity (Wildman–Crippen MR) is 76.2 cm³/mol. The van der Waals surface area contributed by atoms with Crippen LogP contribution in [0.1, 0.15) is 33.8 Å². The number of benzene rings is 2. The lowest BCUT2D eigenvalue weighted by molar-refractivity contribution is 0.0949. The lowest BCUT2D eigenvalue weighted by atomic mass is 10.1. The zero-order valence-electron chi connectivity index (χ0n) is 11.3. The highest BCUT2D eigenvalue weighted by atomic mass is 19.1. The summed E-state index contributed by atoms with van der Waals surface area (Å²) in [6.07, 6.45) is 0.968. The first-order chi connectivity index (χ1) is 9.65. The molecule has 20 heavy (non-hydrogen) atoms. The Balaban J connectivity index is 1.66. The number of aryl methyl sites for hydroxylation is 1. The van der Waals surface area contributed by atoms with Gasteiger partial charge in [-0.05, 0) is 42.7 Å². The van der Waals surface area contributed by atoms with Gasteiger partial charge in [0.2, 0.25) is 0 Å². The van der Waals surface area contributed by atoms with Gasteiger partial charge in [0, 0.05) is 17.5 Å². The highest BCUT2D eigenvalue weighted by Gasteiger charge is 2.39. The maximum absolute atomic E-state index is 13.0. The first kappa shape index (κ1) is 12.9. The molecule has 102 valence electrons. The van der Waals surface area contributed by atoms with E-state index in [0.29, 0.717) is 17.0 Å². The molecule has 0 bridgehead atoms. The van der Waals surface area contributed by atoms with Crippen LogP contribution >= 0.6 is 0 Å². The first-order valence-electron chi connectivity index (χ1n) is 6.77. The minimum atomic E-state index is -0.312. The van der Waals surface area contributed by atoms with Crippen molar-refractivity contribution in [2.75, 3.05) is 0 Å². The molecule has 0 aliphatic heterocycles. The molecule has 1 aliphatic carbocycles. The van der Waals surface area contributed by atoms with E-state index in [4.69, 9.17) is 0 Å². The molecule has 3 heteroatoms. The van der Waals surface area contributed by atoms with Gasteiger partial charge in [-0.2, -0.15) is 0 Å². The van der Waals surface area contributed by atoms with E-state index in [-0.39, 0.29) is 17.8 Å². The summed E-state index contributed by atoms with van der Waals surface area (Å²) in [7, 11) is 0. The van der Waals surface area contributed by atoms with E-state index in [2.05, 4.69) is 17.4 Å². The van der Waals surface area contributed by atoms with Crippen LogP contribution in [0.15, 0.2) is 48.5 Å². The second kappa shape index (κ2) is 5.08. The molecule has 2 aromatic rings. The zero-order valence-corrected chi connectivity index (χ0v) is 11.3. The second-order valence-electron chi connectivity index (χ2n) is 5.29. The van der Waals surface area contributed by atoms with E-state index >= 15 is 0 Å². The van der Waals surface area contributed by atoms with Gasteiger partial charge in [0.05, 0.1) is 0 Å². The Bertz CT molecular complexity index is 639. The van der Waals surface area contributed by atoms with Crippen molar-refractivity contribution >= 4 is 5.91 Å². The Labute approximate surface area is 117 Å². The number of nitrogens with one attached hydrogen (secondary N) is 1. The van der Waals surface area contributed by atoms with Crippen LogP contribution < -0.4 is 5.32 Å². The summed E-state index contributed by atoms with van der Waals surface area (Å²) in [5.41, 5.74) is 2.47. The molecule has 0 radical (unpaired) electrons. The van der Waals surface area contributed by atoms with Gasteiger partial charge in [-0.15, -0.1) is 0 Å². The fraction of sp³-hybridized carbons (Fsp3) is 0.235. The van der Waals surface area contributed by atoms with Crippen molar-refractivity contribution in [1.29, 1.82) is 0 Å². The van der Waals surface area contributed by atoms with Gasteiger partial charge < -0.3 is 5.32 Å². The Morgan fingerprint density at radius 2 is 1.95 bits per heavy atom. The number of hydrogen-bond acceptors (Lipinski definition) is 1. The third-order valence-electron chi connectivity index (χ3n) is 3.77. The molecule has 1 amide bonds. The molecule has 2 atom stereocenters. The van der Waals surface area contributed by atoms with Gasteiger partial charge in [-0.25, -0.2) is 4.39 Å². The van der Waals surface area contributed by atoms with Gasteiger partial charge in [-0.1, -0.05) is 30.3 Å². The predicted octanol–water partition coefficient (Wildman–Crippen LogP) is 3.42. The molecule has 0 heterocycles. The summed E-state index contributed by atoms with van der Waals surface area (Å²) in [6.45, 7) is 1.75. The molecule has 1 fully saturated rings. The Hall–Kier alpha value is -2.16. The fourth-order valence-corrected chi connectivity index (χ4v) is 2.55. The quantitative estimate of drug-likeness (QED) is 0.909. The summed E-state index contributed by atoms with van der Waals surface area (Å²) in [4.78, 5) is 12.2. The van der Waals surface area contributed by atoms with Crippen LogP contribution in [0.25, 0.3) is 0 Å². The highest BCUT2D eigenvalue weighted by Crippen LogP contribution is 2.40. The number of halogens is 1. The van der Waals surface area contributed by atoms with Crippen LogP contribution in [0.3, 0.4) is 0 Å². The summed E-state index contributed by atoms with van der Waals surface area (Å²) < 4.78 is 13.0. The molecule has 0 aromatic heterocycles. The largest absolute Gasteiger partial charge is 0.349 e. The lowest BCUT2D eigenvalue weighted by Gasteiger charge is -2.07. The van der Waals surface area contributed by atoms with Crippen molar-refractivity contribution in [1.82, 2.24) is 5.32 Å². The molecular weight excluding hydrogens is 253 g/mol. The van der Waals surface area contributed by atoms with Gasteiger partial charge in [0.1, 0.15) is 5.82 Å². The molecule has 2 unspecified atom stereocenters. The van der Waals surface area contributed by atoms with Gasteiger partial charge in [-0.3, -0.25) is 4.79 Å². The van der Waals surface area contributed by atoms with E-state index in [1.165, 1.54) is 17.7 Å². The van der Waals surface area contributed by atoms with E-state index < -0.39 is 0 Å². The van der Waals surface area contributed by atoms with E-state index in [0.717, 1.165) is 6.42 Å². The van der Waals surface area contributed by atoms with Crippen molar-refractivity contribution in [2.45, 2.75) is 25.3 Å². The molecule has 0 saturated heterocycles. The summed E-state index contributed by atoms with van der Waals surface area (Å²) in [5, 5.41) is 3.02. The maximum atomic E-state index is 13.0. The third-order valence-corrected chi connectivity index (χ3v) is 3.77. The molecule has 1 N–H and O–H groups in total. The van der Waals surface area contributed by atoms with Crippen molar-refractivity contribution in [3.8, 4) is 0 Å². The van der Waals surface area contributed by atoms with Gasteiger partial charge in [0.25, 0.3) is 5.91 Å². The average molecular weight is 269 g/mol. The smallest absolute Gasteiger partial charge is 0.251 e. The first-order valence-corrected chi connectivity index (χ1v) is 6.77. The van der Waals surface area contributed by atoms with Crippen LogP contribution in [0.2, 0.25) is 0 Å². The zero-order chi connectivity index (χ0) is 14.1. The van der Waals surface area contributed by atoms with Crippen molar-refractivity contribution in [3.63, 3.8) is 0 Å². The summed E-state index contributed by atoms with van der Waals surface area (Å²) in [5.74, 6) is -0.0283. The third kappa shape index (κ3) is 2.57. The van der Waals surface area contributed by atoms with Crippen molar-refractivity contribution in [3.05, 3.63) is 71.0 Å². The number of amides is 1. The van der Waals surface area contributed by atoms with Gasteiger partial charge >= 0.3 is 0 Å². The standard InChI is InChI=1S/C17H16FNO/c1-11-9-13(18)7-8-14(11)17(20)19-16-10-15(16)12-5-3-2-4-6-12/h2-9,15-16H,10H2,1H3,(H,19,20). The van der Waals surface area contributed by atoms with Crippen LogP contribution in [-0.2, 0) is 0 Å². The average Bonchev–Trinajstić information content (AvgIpc) is 3.18. The minimum Gasteiger partial charge on any atom is -0.349 e. The molecule has 2 nitrogen and oxygen atoms in total. The van der Waals surface area contributed by atoms with E-state index in [1.54, 1.807) is 13.0 Å². The molecule has 1 saturated carbocycles. The Morgan fingerprint density at radius 1 is 1.20 bits per heavy atom. The maximum Gasteiger partial charge on any atom is 0.251 e. The lowest BCUT2D eigenvalue weighted by Crippen LogP contribution is -2.27. The van der Waals surface area contributed by atoms with Crippen LogP contribution in [0.5, 0.6) is 0 Å². The summed E-state index contributed by atoms with van der Waals surface area (Å²) >= 11 is 0. The Kier molecular flexibility index (Phi) is 3.26. The monoisotopic (exact) mass is 269 g/mol. The van der Waals surface area contributed by atoms with Crippen molar-refractivity contribution < 1.29 is 9.18 Å². The van der Waals surface area contributed by atoms with Gasteiger partial charge in [0.15, 0.2) is 0 Å². The summed E-state index contributed by atoms with van der Waals surface area (Å²) in [6, 6.07) is 14.6. The SMILES string of the molecule is Cc1cc(F)ccc1C(=O)NC1CC1c1ccccc1. The minimum absolute atomic E-state index is 0.120. The number of carbonyl (C=O) groups is 1. The normalized spacial score (nSPS) is 20.5. The van der Waals surface area contributed by atoms with Crippen LogP contribution in [-0.4, -0.2) is 11.9 Å². The number of carbonyl (C=O) groups excluding carboxylic acids is 1. The number of rotatable bonds is 3. The van der Waals surface area contributed by atoms with E-state index in [1.807, 2.05) is 18.2 Å².